The molecule has 1 aromatic heterocycles. The average molecular weight is 302 g/mol. The van der Waals surface area contributed by atoms with Crippen LogP contribution in [0.4, 0.5) is 6.01 Å². The summed E-state index contributed by atoms with van der Waals surface area (Å²) in [5.41, 5.74) is 0.971. The molecule has 5 nitrogen and oxygen atoms in total. The van der Waals surface area contributed by atoms with Gasteiger partial charge in [-0.2, -0.15) is 4.98 Å². The number of ether oxygens (including phenoxy) is 1. The Kier molecular flexibility index (Phi) is 5.01. The van der Waals surface area contributed by atoms with Crippen molar-refractivity contribution in [1.82, 2.24) is 10.1 Å². The Morgan fingerprint density at radius 1 is 1.32 bits per heavy atom. The maximum Gasteiger partial charge on any atom is 0.321 e. The van der Waals surface area contributed by atoms with Crippen LogP contribution >= 0.6 is 23.2 Å². The molecule has 0 bridgehead atoms. The van der Waals surface area contributed by atoms with Crippen molar-refractivity contribution in [2.45, 2.75) is 6.42 Å². The van der Waals surface area contributed by atoms with Gasteiger partial charge in [0, 0.05) is 20.1 Å². The highest BCUT2D eigenvalue weighted by Gasteiger charge is 2.07. The van der Waals surface area contributed by atoms with Crippen LogP contribution in [-0.2, 0) is 11.2 Å². The fourth-order valence-corrected chi connectivity index (χ4v) is 1.81. The van der Waals surface area contributed by atoms with Crippen LogP contribution in [0.3, 0.4) is 0 Å². The number of methoxy groups -OCH3 is 1. The van der Waals surface area contributed by atoms with Gasteiger partial charge in [-0.25, -0.2) is 0 Å². The average Bonchev–Trinajstić information content (AvgIpc) is 2.82. The molecular weight excluding hydrogens is 289 g/mol. The molecule has 0 fully saturated rings. The zero-order chi connectivity index (χ0) is 13.7. The van der Waals surface area contributed by atoms with E-state index in [0.29, 0.717) is 41.5 Å². The third-order valence-electron chi connectivity index (χ3n) is 2.40. The van der Waals surface area contributed by atoms with Crippen LogP contribution in [0.15, 0.2) is 22.7 Å². The molecule has 2 aromatic rings. The van der Waals surface area contributed by atoms with E-state index in [1.165, 1.54) is 0 Å². The molecule has 1 aromatic carbocycles. The predicted octanol–water partition coefficient (Wildman–Crippen LogP) is 3.03. The van der Waals surface area contributed by atoms with Gasteiger partial charge < -0.3 is 14.6 Å². The molecule has 0 unspecified atom stereocenters. The summed E-state index contributed by atoms with van der Waals surface area (Å²) in [6.07, 6.45) is 0.534. The van der Waals surface area contributed by atoms with Crippen molar-refractivity contribution in [3.63, 3.8) is 0 Å². The second kappa shape index (κ2) is 6.75. The predicted molar refractivity (Wildman–Crippen MR) is 73.9 cm³/mol. The summed E-state index contributed by atoms with van der Waals surface area (Å²) >= 11 is 11.8. The zero-order valence-corrected chi connectivity index (χ0v) is 11.8. The first-order valence-electron chi connectivity index (χ1n) is 5.68. The van der Waals surface area contributed by atoms with Gasteiger partial charge in [0.25, 0.3) is 0 Å². The van der Waals surface area contributed by atoms with Crippen LogP contribution in [0.5, 0.6) is 0 Å². The summed E-state index contributed by atoms with van der Waals surface area (Å²) in [6, 6.07) is 5.80. The van der Waals surface area contributed by atoms with Crippen LogP contribution in [0.2, 0.25) is 10.0 Å². The number of hydrogen-bond acceptors (Lipinski definition) is 5. The van der Waals surface area contributed by atoms with E-state index in [2.05, 4.69) is 15.5 Å². The highest BCUT2D eigenvalue weighted by Crippen LogP contribution is 2.23. The van der Waals surface area contributed by atoms with E-state index in [1.807, 2.05) is 6.07 Å². The van der Waals surface area contributed by atoms with Crippen LogP contribution in [-0.4, -0.2) is 30.4 Å². The summed E-state index contributed by atoms with van der Waals surface area (Å²) in [5, 5.41) is 7.88. The highest BCUT2D eigenvalue weighted by molar-refractivity contribution is 6.42. The Balaban J connectivity index is 1.97. The molecule has 0 aliphatic heterocycles. The number of nitrogens with zero attached hydrogens (tertiary/aromatic N) is 2. The first kappa shape index (κ1) is 14.1. The third-order valence-corrected chi connectivity index (χ3v) is 3.14. The molecule has 19 heavy (non-hydrogen) atoms. The van der Waals surface area contributed by atoms with Crippen LogP contribution in [0.1, 0.15) is 11.4 Å². The smallest absolute Gasteiger partial charge is 0.321 e. The minimum Gasteiger partial charge on any atom is -0.383 e. The van der Waals surface area contributed by atoms with Gasteiger partial charge in [-0.05, 0) is 17.7 Å². The number of hydrogen-bond donors (Lipinski definition) is 1. The Labute approximate surface area is 120 Å². The van der Waals surface area contributed by atoms with E-state index < -0.39 is 0 Å². The van der Waals surface area contributed by atoms with Crippen molar-refractivity contribution < 1.29 is 9.26 Å². The Hall–Kier alpha value is -1.30. The topological polar surface area (TPSA) is 60.2 Å². The summed E-state index contributed by atoms with van der Waals surface area (Å²) in [6.45, 7) is 1.19. The Bertz CT molecular complexity index is 546. The minimum atomic E-state index is 0.382. The molecule has 2 rings (SSSR count). The number of aromatic nitrogens is 2. The SMILES string of the molecule is COCCNc1nc(Cc2ccc(Cl)c(Cl)c2)no1. The van der Waals surface area contributed by atoms with Crippen LogP contribution in [0, 0.1) is 0 Å². The first-order chi connectivity index (χ1) is 9.19. The van der Waals surface area contributed by atoms with Crippen molar-refractivity contribution in [3.05, 3.63) is 39.6 Å². The lowest BCUT2D eigenvalue weighted by molar-refractivity contribution is 0.210. The van der Waals surface area contributed by atoms with Gasteiger partial charge in [0.05, 0.1) is 16.7 Å². The molecule has 1 N–H and O–H groups in total. The molecule has 1 heterocycles. The molecule has 0 atom stereocenters. The highest BCUT2D eigenvalue weighted by atomic mass is 35.5. The normalized spacial score (nSPS) is 10.7. The molecular formula is C12H13Cl2N3O2. The van der Waals surface area contributed by atoms with Gasteiger partial charge in [-0.1, -0.05) is 34.4 Å². The van der Waals surface area contributed by atoms with Gasteiger partial charge in [0.1, 0.15) is 0 Å². The van der Waals surface area contributed by atoms with Crippen molar-refractivity contribution in [2.24, 2.45) is 0 Å². The van der Waals surface area contributed by atoms with Gasteiger partial charge in [-0.3, -0.25) is 0 Å². The summed E-state index contributed by atoms with van der Waals surface area (Å²) < 4.78 is 9.96. The number of benzene rings is 1. The second-order valence-electron chi connectivity index (χ2n) is 3.86. The number of halogens is 2. The lowest BCUT2D eigenvalue weighted by Gasteiger charge is -1.99. The van der Waals surface area contributed by atoms with Crippen molar-refractivity contribution in [1.29, 1.82) is 0 Å². The Morgan fingerprint density at radius 3 is 2.89 bits per heavy atom. The van der Waals surface area contributed by atoms with Crippen LogP contribution < -0.4 is 5.32 Å². The molecule has 0 amide bonds. The number of anilines is 1. The lowest BCUT2D eigenvalue weighted by atomic mass is 10.1. The van der Waals surface area contributed by atoms with Crippen LogP contribution in [0.25, 0.3) is 0 Å². The zero-order valence-electron chi connectivity index (χ0n) is 10.3. The van der Waals surface area contributed by atoms with E-state index >= 15 is 0 Å². The van der Waals surface area contributed by atoms with Gasteiger partial charge in [0.15, 0.2) is 5.82 Å². The summed E-state index contributed by atoms with van der Waals surface area (Å²) in [4.78, 5) is 4.21. The molecule has 0 radical (unpaired) electrons. The first-order valence-corrected chi connectivity index (χ1v) is 6.44. The molecule has 0 spiro atoms. The fraction of sp³-hybridized carbons (Fsp3) is 0.333. The van der Waals surface area contributed by atoms with Gasteiger partial charge in [0.2, 0.25) is 0 Å². The monoisotopic (exact) mass is 301 g/mol. The quantitative estimate of drug-likeness (QED) is 0.831. The Morgan fingerprint density at radius 2 is 2.16 bits per heavy atom. The second-order valence-corrected chi connectivity index (χ2v) is 4.67. The molecule has 102 valence electrons. The molecule has 7 heteroatoms. The summed E-state index contributed by atoms with van der Waals surface area (Å²) in [7, 11) is 1.63. The molecule has 0 saturated heterocycles. The van der Waals surface area contributed by atoms with E-state index in [-0.39, 0.29) is 0 Å². The van der Waals surface area contributed by atoms with E-state index in [4.69, 9.17) is 32.5 Å². The maximum absolute atomic E-state index is 5.95. The van der Waals surface area contributed by atoms with E-state index in [1.54, 1.807) is 19.2 Å². The molecule has 0 aliphatic rings. The van der Waals surface area contributed by atoms with E-state index in [9.17, 15) is 0 Å². The number of rotatable bonds is 6. The molecule has 0 aliphatic carbocycles. The maximum atomic E-state index is 5.95. The lowest BCUT2D eigenvalue weighted by Crippen LogP contribution is -2.07. The minimum absolute atomic E-state index is 0.382. The van der Waals surface area contributed by atoms with Gasteiger partial charge >= 0.3 is 6.01 Å². The van der Waals surface area contributed by atoms with Gasteiger partial charge in [-0.15, -0.1) is 0 Å². The van der Waals surface area contributed by atoms with E-state index in [0.717, 1.165) is 5.56 Å². The number of nitrogens with one attached hydrogen (secondary N) is 1. The molecule has 0 saturated carbocycles. The van der Waals surface area contributed by atoms with Crippen molar-refractivity contribution >= 4 is 29.2 Å². The summed E-state index contributed by atoms with van der Waals surface area (Å²) in [5.74, 6) is 0.582. The van der Waals surface area contributed by atoms with Crippen molar-refractivity contribution in [3.8, 4) is 0 Å². The fourth-order valence-electron chi connectivity index (χ4n) is 1.49. The largest absolute Gasteiger partial charge is 0.383 e. The van der Waals surface area contributed by atoms with Crippen molar-refractivity contribution in [2.75, 3.05) is 25.6 Å². The third kappa shape index (κ3) is 4.09. The standard InChI is InChI=1S/C12H13Cl2N3O2/c1-18-5-4-15-12-16-11(17-19-12)7-8-2-3-9(13)10(14)6-8/h2-3,6H,4-5,7H2,1H3,(H,15,16,17).